The zero-order chi connectivity index (χ0) is 35.5. The number of nitriles is 1. The first-order chi connectivity index (χ1) is 26.1. The van der Waals surface area contributed by atoms with Crippen LogP contribution in [0.25, 0.3) is 96.5 Å². The van der Waals surface area contributed by atoms with Gasteiger partial charge in [-0.05, 0) is 140 Å². The fraction of sp³-hybridized carbons (Fsp3) is 0.0208. The molecule has 248 valence electrons. The topological polar surface area (TPSA) is 49.6 Å². The summed E-state index contributed by atoms with van der Waals surface area (Å²) in [7, 11) is 0. The average molecular weight is 712 g/mol. The molecule has 3 nitrogen and oxygen atoms in total. The Labute approximate surface area is 314 Å². The molecule has 2 aromatic heterocycles. The normalized spacial score (nSPS) is 11.5. The summed E-state index contributed by atoms with van der Waals surface area (Å²) in [6.45, 7) is 2.20. The third-order valence-electron chi connectivity index (χ3n) is 10.1. The molecule has 0 saturated heterocycles. The lowest BCUT2D eigenvalue weighted by Crippen LogP contribution is -1.93. The van der Waals surface area contributed by atoms with Crippen LogP contribution in [0.3, 0.4) is 0 Å². The van der Waals surface area contributed by atoms with Crippen LogP contribution < -0.4 is 0 Å². The van der Waals surface area contributed by atoms with Crippen LogP contribution in [0.15, 0.2) is 158 Å². The van der Waals surface area contributed by atoms with Gasteiger partial charge in [0.2, 0.25) is 0 Å². The summed E-state index contributed by atoms with van der Waals surface area (Å²) in [5.74, 6) is 0. The molecule has 2 heterocycles. The van der Waals surface area contributed by atoms with E-state index in [4.69, 9.17) is 9.97 Å². The number of fused-ring (bicyclic) bond motifs is 5. The summed E-state index contributed by atoms with van der Waals surface area (Å²) in [5, 5.41) is 16.5. The van der Waals surface area contributed by atoms with Gasteiger partial charge in [-0.3, -0.25) is 0 Å². The molecule has 8 aromatic carbocycles. The molecule has 0 spiro atoms. The maximum Gasteiger partial charge on any atom is 0.124 e. The molecule has 0 aliphatic heterocycles. The van der Waals surface area contributed by atoms with Gasteiger partial charge in [-0.1, -0.05) is 84.9 Å². The quantitative estimate of drug-likeness (QED) is 0.167. The van der Waals surface area contributed by atoms with E-state index in [1.807, 2.05) is 36.4 Å². The lowest BCUT2D eigenvalue weighted by Gasteiger charge is -2.17. The Hall–Kier alpha value is -6.45. The third-order valence-corrected chi connectivity index (χ3v) is 12.3. The van der Waals surface area contributed by atoms with Crippen molar-refractivity contribution in [3.8, 4) is 60.6 Å². The number of hydrogen-bond donors (Lipinski definition) is 0. The Morgan fingerprint density at radius 1 is 0.453 bits per heavy atom. The molecular formula is C48H29N3S2. The molecular weight excluding hydrogens is 683 g/mol. The van der Waals surface area contributed by atoms with Gasteiger partial charge in [-0.25, -0.2) is 9.97 Å². The molecule has 0 saturated carbocycles. The second-order valence-electron chi connectivity index (χ2n) is 13.3. The highest BCUT2D eigenvalue weighted by atomic mass is 32.1. The summed E-state index contributed by atoms with van der Waals surface area (Å²) >= 11 is 3.46. The van der Waals surface area contributed by atoms with E-state index in [1.54, 1.807) is 22.7 Å². The molecule has 0 atom stereocenters. The number of aromatic nitrogens is 2. The van der Waals surface area contributed by atoms with Crippen molar-refractivity contribution in [3.05, 3.63) is 169 Å². The van der Waals surface area contributed by atoms with Crippen molar-refractivity contribution >= 4 is 64.7 Å². The van der Waals surface area contributed by atoms with Crippen LogP contribution in [0.4, 0.5) is 0 Å². The van der Waals surface area contributed by atoms with Crippen LogP contribution in [0, 0.1) is 18.3 Å². The maximum absolute atomic E-state index is 9.57. The number of rotatable bonds is 5. The van der Waals surface area contributed by atoms with Crippen molar-refractivity contribution in [1.82, 2.24) is 9.97 Å². The second kappa shape index (κ2) is 12.6. The van der Waals surface area contributed by atoms with Crippen molar-refractivity contribution < 1.29 is 0 Å². The lowest BCUT2D eigenvalue weighted by molar-refractivity contribution is 1.39. The van der Waals surface area contributed by atoms with Crippen molar-refractivity contribution in [3.63, 3.8) is 0 Å². The van der Waals surface area contributed by atoms with E-state index >= 15 is 0 Å². The Balaban J connectivity index is 1.26. The zero-order valence-electron chi connectivity index (χ0n) is 28.7. The molecule has 0 bridgehead atoms. The summed E-state index contributed by atoms with van der Waals surface area (Å²) in [5.41, 5.74) is 12.7. The number of para-hydroxylation sites is 2. The smallest absolute Gasteiger partial charge is 0.124 e. The van der Waals surface area contributed by atoms with Crippen molar-refractivity contribution in [1.29, 1.82) is 5.26 Å². The van der Waals surface area contributed by atoms with Crippen LogP contribution in [0.5, 0.6) is 0 Å². The minimum absolute atomic E-state index is 0.644. The van der Waals surface area contributed by atoms with Gasteiger partial charge in [0.15, 0.2) is 0 Å². The number of benzene rings is 8. The maximum atomic E-state index is 9.57. The molecule has 53 heavy (non-hydrogen) atoms. The Morgan fingerprint density at radius 2 is 0.962 bits per heavy atom. The van der Waals surface area contributed by atoms with E-state index in [1.165, 1.54) is 36.5 Å². The molecule has 0 N–H and O–H groups in total. The van der Waals surface area contributed by atoms with Gasteiger partial charge in [0.1, 0.15) is 10.0 Å². The Bertz CT molecular complexity index is 2930. The summed E-state index contributed by atoms with van der Waals surface area (Å²) in [6, 6.07) is 58.1. The molecule has 10 rings (SSSR count). The Kier molecular flexibility index (Phi) is 7.47. The monoisotopic (exact) mass is 711 g/mol. The molecule has 0 aliphatic rings. The first-order valence-electron chi connectivity index (χ1n) is 17.5. The third kappa shape index (κ3) is 5.48. The zero-order valence-corrected chi connectivity index (χ0v) is 30.3. The predicted molar refractivity (Wildman–Crippen MR) is 224 cm³/mol. The van der Waals surface area contributed by atoms with E-state index in [0.717, 1.165) is 65.6 Å². The minimum Gasteiger partial charge on any atom is -0.236 e. The van der Waals surface area contributed by atoms with Crippen LogP contribution in [0.1, 0.15) is 11.1 Å². The van der Waals surface area contributed by atoms with Crippen LogP contribution >= 0.6 is 22.7 Å². The first-order valence-corrected chi connectivity index (χ1v) is 19.2. The molecule has 0 aliphatic carbocycles. The van der Waals surface area contributed by atoms with Gasteiger partial charge in [0.05, 0.1) is 32.1 Å². The van der Waals surface area contributed by atoms with Crippen LogP contribution in [-0.4, -0.2) is 9.97 Å². The van der Waals surface area contributed by atoms with E-state index in [2.05, 4.69) is 134 Å². The van der Waals surface area contributed by atoms with E-state index in [-0.39, 0.29) is 0 Å². The highest BCUT2D eigenvalue weighted by molar-refractivity contribution is 7.22. The summed E-state index contributed by atoms with van der Waals surface area (Å²) in [4.78, 5) is 10.3. The van der Waals surface area contributed by atoms with Gasteiger partial charge in [0, 0.05) is 11.1 Å². The predicted octanol–water partition coefficient (Wildman–Crippen LogP) is 13.7. The molecule has 0 radical (unpaired) electrons. The minimum atomic E-state index is 0.644. The van der Waals surface area contributed by atoms with Gasteiger partial charge in [0.25, 0.3) is 0 Å². The van der Waals surface area contributed by atoms with Gasteiger partial charge < -0.3 is 0 Å². The molecule has 0 fully saturated rings. The fourth-order valence-electron chi connectivity index (χ4n) is 7.45. The number of thiazole rings is 2. The molecule has 0 amide bonds. The fourth-order valence-corrected chi connectivity index (χ4v) is 9.53. The molecule has 5 heteroatoms. The highest BCUT2D eigenvalue weighted by Crippen LogP contribution is 2.44. The van der Waals surface area contributed by atoms with Crippen molar-refractivity contribution in [2.24, 2.45) is 0 Å². The van der Waals surface area contributed by atoms with E-state index in [9.17, 15) is 5.26 Å². The largest absolute Gasteiger partial charge is 0.236 e. The van der Waals surface area contributed by atoms with Gasteiger partial charge >= 0.3 is 0 Å². The van der Waals surface area contributed by atoms with E-state index < -0.39 is 0 Å². The summed E-state index contributed by atoms with van der Waals surface area (Å²) < 4.78 is 2.34. The number of hydrogen-bond acceptors (Lipinski definition) is 5. The van der Waals surface area contributed by atoms with Crippen molar-refractivity contribution in [2.75, 3.05) is 0 Å². The van der Waals surface area contributed by atoms with Crippen LogP contribution in [-0.2, 0) is 0 Å². The SMILES string of the molecule is Cc1c(-c2nc3ccccc3s2)cc(-c2cc(-c3ccc(C#N)cc3)cc(-c3cc4ccccc4c4ccccc34)c2)cc1-c1nc2ccccc2s1. The van der Waals surface area contributed by atoms with Gasteiger partial charge in [-0.15, -0.1) is 22.7 Å². The molecule has 10 aromatic rings. The van der Waals surface area contributed by atoms with E-state index in [0.29, 0.717) is 5.56 Å². The van der Waals surface area contributed by atoms with Crippen LogP contribution in [0.2, 0.25) is 0 Å². The van der Waals surface area contributed by atoms with Gasteiger partial charge in [-0.2, -0.15) is 5.26 Å². The Morgan fingerprint density at radius 3 is 1.58 bits per heavy atom. The first kappa shape index (κ1) is 31.3. The second-order valence-corrected chi connectivity index (χ2v) is 15.4. The number of nitrogens with zero attached hydrogens (tertiary/aromatic N) is 3. The average Bonchev–Trinajstić information content (AvgIpc) is 3.85. The lowest BCUT2D eigenvalue weighted by atomic mass is 9.88. The highest BCUT2D eigenvalue weighted by Gasteiger charge is 2.19. The standard InChI is InChI=1S/C48H29N3S2/c1-29-40(47-50-43-14-6-8-16-45(43)52-47)26-35(27-41(29)48-51-44-15-7-9-17-46(44)53-48)34-22-33(31-20-18-30(28-49)19-21-31)23-36(24-34)42-25-32-10-2-3-11-37(32)38-12-4-5-13-39(38)42/h2-27H,1H3. The van der Waals surface area contributed by atoms with Crippen molar-refractivity contribution in [2.45, 2.75) is 6.92 Å². The summed E-state index contributed by atoms with van der Waals surface area (Å²) in [6.07, 6.45) is 0. The molecule has 0 unspecified atom stereocenters.